The third kappa shape index (κ3) is 0.974. The van der Waals surface area contributed by atoms with Crippen LogP contribution in [-0.2, 0) is 7.05 Å². The van der Waals surface area contributed by atoms with Gasteiger partial charge >= 0.3 is 0 Å². The third-order valence-electron chi connectivity index (χ3n) is 0.824. The molecule has 0 aliphatic heterocycles. The summed E-state index contributed by atoms with van der Waals surface area (Å²) >= 11 is 7.72. The van der Waals surface area contributed by atoms with Crippen LogP contribution in [0.4, 0.5) is 0 Å². The minimum Gasteiger partial charge on any atom is -0.328 e. The van der Waals surface area contributed by atoms with Gasteiger partial charge in [-0.1, -0.05) is 11.6 Å². The number of rotatable bonds is 0. The largest absolute Gasteiger partial charge is 0.328 e. The van der Waals surface area contributed by atoms with E-state index in [1.165, 1.54) is 0 Å². The Morgan fingerprint density at radius 2 is 2.50 bits per heavy atom. The fraction of sp³-hybridized carbons (Fsp3) is 0.250. The molecule has 0 saturated carbocycles. The van der Waals surface area contributed by atoms with Gasteiger partial charge in [-0.2, -0.15) is 0 Å². The highest BCUT2D eigenvalue weighted by atomic mass is 127. The number of aromatic nitrogens is 2. The summed E-state index contributed by atoms with van der Waals surface area (Å²) in [5.74, 6) is 0. The van der Waals surface area contributed by atoms with Crippen molar-refractivity contribution in [3.63, 3.8) is 0 Å². The average molecular weight is 242 g/mol. The van der Waals surface area contributed by atoms with Gasteiger partial charge in [-0.3, -0.25) is 0 Å². The Kier molecular flexibility index (Phi) is 1.77. The number of halogens is 2. The van der Waals surface area contributed by atoms with Crippen LogP contribution < -0.4 is 0 Å². The van der Waals surface area contributed by atoms with Gasteiger partial charge in [0.15, 0.2) is 5.15 Å². The van der Waals surface area contributed by atoms with E-state index in [0.29, 0.717) is 5.15 Å². The summed E-state index contributed by atoms with van der Waals surface area (Å²) in [6.45, 7) is 0. The first-order valence-corrected chi connectivity index (χ1v) is 3.50. The van der Waals surface area contributed by atoms with E-state index in [2.05, 4.69) is 27.6 Å². The van der Waals surface area contributed by atoms with Gasteiger partial charge in [-0.25, -0.2) is 4.98 Å². The van der Waals surface area contributed by atoms with Crippen molar-refractivity contribution in [3.05, 3.63) is 15.2 Å². The predicted octanol–water partition coefficient (Wildman–Crippen LogP) is 1.68. The lowest BCUT2D eigenvalue weighted by molar-refractivity contribution is 0.888. The van der Waals surface area contributed by atoms with Gasteiger partial charge in [0.2, 0.25) is 0 Å². The molecular weight excluding hydrogens is 238 g/mol. The quantitative estimate of drug-likeness (QED) is 0.633. The Morgan fingerprint density at radius 3 is 2.62 bits per heavy atom. The summed E-state index contributed by atoms with van der Waals surface area (Å²) in [6.07, 6.45) is 1.68. The maximum Gasteiger partial charge on any atom is 0.160 e. The maximum absolute atomic E-state index is 5.59. The molecule has 0 aliphatic rings. The minimum absolute atomic E-state index is 0.577. The summed E-state index contributed by atoms with van der Waals surface area (Å²) in [5.41, 5.74) is 0. The van der Waals surface area contributed by atoms with E-state index in [9.17, 15) is 0 Å². The van der Waals surface area contributed by atoms with Crippen LogP contribution >= 0.6 is 34.2 Å². The van der Waals surface area contributed by atoms with E-state index in [1.807, 2.05) is 11.6 Å². The monoisotopic (exact) mass is 242 g/mol. The normalized spacial score (nSPS) is 9.88. The van der Waals surface area contributed by atoms with Crippen molar-refractivity contribution in [1.82, 2.24) is 9.55 Å². The van der Waals surface area contributed by atoms with Crippen molar-refractivity contribution < 1.29 is 0 Å². The van der Waals surface area contributed by atoms with Crippen LogP contribution in [0.15, 0.2) is 6.33 Å². The molecule has 44 valence electrons. The average Bonchev–Trinajstić information content (AvgIpc) is 1.98. The van der Waals surface area contributed by atoms with Crippen molar-refractivity contribution in [2.45, 2.75) is 0 Å². The van der Waals surface area contributed by atoms with Crippen LogP contribution in [0, 0.1) is 3.70 Å². The van der Waals surface area contributed by atoms with Crippen molar-refractivity contribution in [3.8, 4) is 0 Å². The highest BCUT2D eigenvalue weighted by Gasteiger charge is 1.98. The van der Waals surface area contributed by atoms with Crippen LogP contribution in [0.25, 0.3) is 0 Å². The third-order valence-corrected chi connectivity index (χ3v) is 2.69. The molecule has 0 saturated heterocycles. The van der Waals surface area contributed by atoms with Gasteiger partial charge < -0.3 is 4.57 Å². The van der Waals surface area contributed by atoms with Crippen LogP contribution in [0.2, 0.25) is 5.15 Å². The highest BCUT2D eigenvalue weighted by Crippen LogP contribution is 2.13. The molecule has 2 nitrogen and oxygen atoms in total. The van der Waals surface area contributed by atoms with Crippen LogP contribution in [0.5, 0.6) is 0 Å². The first-order valence-electron chi connectivity index (χ1n) is 2.04. The zero-order valence-electron chi connectivity index (χ0n) is 4.23. The second kappa shape index (κ2) is 2.23. The number of hydrogen-bond acceptors (Lipinski definition) is 1. The minimum atomic E-state index is 0.577. The van der Waals surface area contributed by atoms with Crippen LogP contribution in [0.1, 0.15) is 0 Å². The standard InChI is InChI=1S/C4H4ClIN2/c1-8-2-7-3(5)4(8)6/h2H,1H3. The Balaban J connectivity index is 3.19. The molecule has 0 bridgehead atoms. The van der Waals surface area contributed by atoms with Gasteiger partial charge in [0, 0.05) is 7.05 Å². The van der Waals surface area contributed by atoms with E-state index >= 15 is 0 Å². The zero-order chi connectivity index (χ0) is 6.15. The SMILES string of the molecule is Cn1cnc(Cl)c1I. The first kappa shape index (κ1) is 6.35. The van der Waals surface area contributed by atoms with Gasteiger partial charge in [0.1, 0.15) is 3.70 Å². The maximum atomic E-state index is 5.59. The molecule has 1 heterocycles. The second-order valence-electron chi connectivity index (χ2n) is 1.44. The van der Waals surface area contributed by atoms with E-state index in [-0.39, 0.29) is 0 Å². The molecule has 0 radical (unpaired) electrons. The van der Waals surface area contributed by atoms with Gasteiger partial charge in [-0.15, -0.1) is 0 Å². The lowest BCUT2D eigenvalue weighted by Gasteiger charge is -1.87. The Morgan fingerprint density at radius 1 is 1.88 bits per heavy atom. The molecule has 0 atom stereocenters. The summed E-state index contributed by atoms with van der Waals surface area (Å²) in [4.78, 5) is 3.84. The molecule has 1 aromatic rings. The smallest absolute Gasteiger partial charge is 0.160 e. The van der Waals surface area contributed by atoms with Gasteiger partial charge in [-0.05, 0) is 22.6 Å². The molecule has 8 heavy (non-hydrogen) atoms. The Hall–Kier alpha value is 0.230. The van der Waals surface area contributed by atoms with Gasteiger partial charge in [0.25, 0.3) is 0 Å². The fourth-order valence-electron chi connectivity index (χ4n) is 0.387. The lowest BCUT2D eigenvalue weighted by Crippen LogP contribution is -1.85. The summed E-state index contributed by atoms with van der Waals surface area (Å²) < 4.78 is 2.84. The molecule has 0 aliphatic carbocycles. The molecular formula is C4H4ClIN2. The number of nitrogens with zero attached hydrogens (tertiary/aromatic N) is 2. The van der Waals surface area contributed by atoms with Crippen LogP contribution in [-0.4, -0.2) is 9.55 Å². The molecule has 0 aromatic carbocycles. The molecule has 1 rings (SSSR count). The molecule has 0 amide bonds. The van der Waals surface area contributed by atoms with Gasteiger partial charge in [0.05, 0.1) is 6.33 Å². The summed E-state index contributed by atoms with van der Waals surface area (Å²) in [5, 5.41) is 0.577. The Labute approximate surface area is 66.0 Å². The molecule has 0 N–H and O–H groups in total. The number of aryl methyl sites for hydroxylation is 1. The van der Waals surface area contributed by atoms with E-state index in [4.69, 9.17) is 11.6 Å². The lowest BCUT2D eigenvalue weighted by atomic mass is 10.9. The molecule has 1 aromatic heterocycles. The van der Waals surface area contributed by atoms with Crippen molar-refractivity contribution in [2.24, 2.45) is 7.05 Å². The summed E-state index contributed by atoms with van der Waals surface area (Å²) in [6, 6.07) is 0. The zero-order valence-corrected chi connectivity index (χ0v) is 7.14. The Bertz CT molecular complexity index is 176. The molecule has 0 fully saturated rings. The summed E-state index contributed by atoms with van der Waals surface area (Å²) in [7, 11) is 1.90. The molecule has 0 spiro atoms. The molecule has 0 unspecified atom stereocenters. The van der Waals surface area contributed by atoms with Crippen molar-refractivity contribution in [1.29, 1.82) is 0 Å². The van der Waals surface area contributed by atoms with E-state index in [1.54, 1.807) is 6.33 Å². The van der Waals surface area contributed by atoms with Crippen LogP contribution in [0.3, 0.4) is 0 Å². The molecule has 4 heteroatoms. The van der Waals surface area contributed by atoms with Crippen molar-refractivity contribution >= 4 is 34.2 Å². The van der Waals surface area contributed by atoms with E-state index < -0.39 is 0 Å². The second-order valence-corrected chi connectivity index (χ2v) is 2.82. The number of hydrogen-bond donors (Lipinski definition) is 0. The van der Waals surface area contributed by atoms with Crippen molar-refractivity contribution in [2.75, 3.05) is 0 Å². The predicted molar refractivity (Wildman–Crippen MR) is 40.9 cm³/mol. The first-order chi connectivity index (χ1) is 3.72. The topological polar surface area (TPSA) is 17.8 Å². The number of imidazole rings is 1. The van der Waals surface area contributed by atoms with E-state index in [0.717, 1.165) is 3.70 Å². The highest BCUT2D eigenvalue weighted by molar-refractivity contribution is 14.1. The fourth-order valence-corrected chi connectivity index (χ4v) is 0.828.